The van der Waals surface area contributed by atoms with E-state index in [-0.39, 0.29) is 11.4 Å². The molecule has 0 fully saturated rings. The summed E-state index contributed by atoms with van der Waals surface area (Å²) in [6.45, 7) is 11.3. The third-order valence-electron chi connectivity index (χ3n) is 2.29. The first-order valence-electron chi connectivity index (χ1n) is 6.40. The van der Waals surface area contributed by atoms with Crippen LogP contribution in [0.15, 0.2) is 0 Å². The maximum atomic E-state index is 11.5. The fraction of sp³-hybridized carbons (Fsp3) is 0.923. The highest BCUT2D eigenvalue weighted by Gasteiger charge is 2.11. The molecule has 0 aliphatic carbocycles. The van der Waals surface area contributed by atoms with Gasteiger partial charge in [0.1, 0.15) is 0 Å². The summed E-state index contributed by atoms with van der Waals surface area (Å²) in [7, 11) is 0. The highest BCUT2D eigenvalue weighted by Crippen LogP contribution is 2.03. The highest BCUT2D eigenvalue weighted by molar-refractivity contribution is 5.76. The van der Waals surface area contributed by atoms with Gasteiger partial charge in [0.25, 0.3) is 0 Å². The zero-order valence-corrected chi connectivity index (χ0v) is 11.8. The van der Waals surface area contributed by atoms with Gasteiger partial charge in [0.15, 0.2) is 0 Å². The van der Waals surface area contributed by atoms with Crippen LogP contribution in [-0.4, -0.2) is 35.7 Å². The summed E-state index contributed by atoms with van der Waals surface area (Å²) in [6.07, 6.45) is 0.737. The lowest BCUT2D eigenvalue weighted by molar-refractivity contribution is -0.121. The number of carbonyl (C=O) groups excluding carboxylic acids is 1. The molecule has 3 N–H and O–H groups in total. The first-order valence-corrected chi connectivity index (χ1v) is 6.40. The Labute approximate surface area is 105 Å². The average molecular weight is 244 g/mol. The van der Waals surface area contributed by atoms with Gasteiger partial charge in [0.2, 0.25) is 5.91 Å². The molecule has 17 heavy (non-hydrogen) atoms. The van der Waals surface area contributed by atoms with Crippen molar-refractivity contribution in [2.75, 3.05) is 13.1 Å². The maximum absolute atomic E-state index is 11.5. The molecule has 1 atom stereocenters. The normalized spacial score (nSPS) is 13.8. The van der Waals surface area contributed by atoms with Crippen molar-refractivity contribution < 1.29 is 9.90 Å². The molecule has 0 heterocycles. The molecule has 0 aromatic carbocycles. The van der Waals surface area contributed by atoms with E-state index in [1.54, 1.807) is 0 Å². The molecule has 1 amide bonds. The Morgan fingerprint density at radius 3 is 2.35 bits per heavy atom. The van der Waals surface area contributed by atoms with E-state index in [4.69, 9.17) is 0 Å². The van der Waals surface area contributed by atoms with Gasteiger partial charge in [-0.25, -0.2) is 0 Å². The molecule has 0 bridgehead atoms. The molecule has 0 aliphatic heterocycles. The van der Waals surface area contributed by atoms with Crippen LogP contribution in [0.1, 0.15) is 47.5 Å². The predicted octanol–water partition coefficient (Wildman–Crippen LogP) is 1.29. The number of hydrogen-bond donors (Lipinski definition) is 3. The standard InChI is InChI=1S/C13H28N2O2/c1-10(2)8-11(16)9-14-12(17)6-7-15-13(3,4)5/h10-11,15-16H,6-9H2,1-5H3,(H,14,17). The van der Waals surface area contributed by atoms with Gasteiger partial charge in [-0.2, -0.15) is 0 Å². The molecule has 0 radical (unpaired) electrons. The van der Waals surface area contributed by atoms with E-state index >= 15 is 0 Å². The third-order valence-corrected chi connectivity index (χ3v) is 2.29. The molecule has 0 rings (SSSR count). The third kappa shape index (κ3) is 11.6. The van der Waals surface area contributed by atoms with Crippen molar-refractivity contribution in [1.29, 1.82) is 0 Å². The minimum absolute atomic E-state index is 0.00967. The minimum atomic E-state index is -0.436. The monoisotopic (exact) mass is 244 g/mol. The van der Waals surface area contributed by atoms with Crippen LogP contribution in [0.5, 0.6) is 0 Å². The van der Waals surface area contributed by atoms with Crippen LogP contribution >= 0.6 is 0 Å². The number of carbonyl (C=O) groups is 1. The van der Waals surface area contributed by atoms with Gasteiger partial charge in [-0.05, 0) is 33.1 Å². The fourth-order valence-corrected chi connectivity index (χ4v) is 1.50. The number of aliphatic hydroxyl groups excluding tert-OH is 1. The van der Waals surface area contributed by atoms with Gasteiger partial charge < -0.3 is 15.7 Å². The number of amides is 1. The summed E-state index contributed by atoms with van der Waals surface area (Å²) in [6, 6.07) is 0. The predicted molar refractivity (Wildman–Crippen MR) is 70.8 cm³/mol. The number of nitrogens with one attached hydrogen (secondary N) is 2. The Hall–Kier alpha value is -0.610. The molecule has 1 unspecified atom stereocenters. The second-order valence-corrected chi connectivity index (χ2v) is 6.01. The van der Waals surface area contributed by atoms with E-state index in [0.29, 0.717) is 25.4 Å². The molecule has 0 spiro atoms. The summed E-state index contributed by atoms with van der Waals surface area (Å²) in [4.78, 5) is 11.5. The first kappa shape index (κ1) is 16.4. The first-order chi connectivity index (χ1) is 7.70. The van der Waals surface area contributed by atoms with Crippen molar-refractivity contribution in [3.05, 3.63) is 0 Å². The van der Waals surface area contributed by atoms with Crippen LogP contribution in [0.4, 0.5) is 0 Å². The molecule has 0 aromatic heterocycles. The molecule has 102 valence electrons. The quantitative estimate of drug-likeness (QED) is 0.632. The summed E-state index contributed by atoms with van der Waals surface area (Å²) >= 11 is 0. The lowest BCUT2D eigenvalue weighted by atomic mass is 10.1. The van der Waals surface area contributed by atoms with Gasteiger partial charge in [-0.3, -0.25) is 4.79 Å². The van der Waals surface area contributed by atoms with Crippen LogP contribution in [-0.2, 0) is 4.79 Å². The van der Waals surface area contributed by atoms with Crippen molar-refractivity contribution >= 4 is 5.91 Å². The second-order valence-electron chi connectivity index (χ2n) is 6.01. The highest BCUT2D eigenvalue weighted by atomic mass is 16.3. The van der Waals surface area contributed by atoms with E-state index in [1.807, 2.05) is 0 Å². The summed E-state index contributed by atoms with van der Waals surface area (Å²) < 4.78 is 0. The minimum Gasteiger partial charge on any atom is -0.391 e. The van der Waals surface area contributed by atoms with E-state index in [1.165, 1.54) is 0 Å². The zero-order chi connectivity index (χ0) is 13.5. The average Bonchev–Trinajstić information content (AvgIpc) is 2.11. The summed E-state index contributed by atoms with van der Waals surface area (Å²) in [5.41, 5.74) is 0.0391. The van der Waals surface area contributed by atoms with Crippen LogP contribution < -0.4 is 10.6 Å². The molecule has 0 saturated carbocycles. The van der Waals surface area contributed by atoms with Crippen LogP contribution in [0, 0.1) is 5.92 Å². The molecule has 0 aliphatic rings. The molecular weight excluding hydrogens is 216 g/mol. The van der Waals surface area contributed by atoms with Gasteiger partial charge in [0, 0.05) is 25.0 Å². The van der Waals surface area contributed by atoms with Crippen molar-refractivity contribution in [3.63, 3.8) is 0 Å². The number of aliphatic hydroxyl groups is 1. The van der Waals surface area contributed by atoms with Crippen molar-refractivity contribution in [1.82, 2.24) is 10.6 Å². The van der Waals surface area contributed by atoms with E-state index in [2.05, 4.69) is 45.3 Å². The van der Waals surface area contributed by atoms with Crippen molar-refractivity contribution in [3.8, 4) is 0 Å². The molecule has 0 aromatic rings. The van der Waals surface area contributed by atoms with Gasteiger partial charge >= 0.3 is 0 Å². The Morgan fingerprint density at radius 1 is 1.29 bits per heavy atom. The summed E-state index contributed by atoms with van der Waals surface area (Å²) in [5.74, 6) is 0.439. The SMILES string of the molecule is CC(C)CC(O)CNC(=O)CCNC(C)(C)C. The van der Waals surface area contributed by atoms with Crippen molar-refractivity contribution in [2.45, 2.75) is 59.1 Å². The molecular formula is C13H28N2O2. The molecule has 4 nitrogen and oxygen atoms in total. The van der Waals surface area contributed by atoms with E-state index in [0.717, 1.165) is 6.42 Å². The molecule has 4 heteroatoms. The Balaban J connectivity index is 3.60. The lowest BCUT2D eigenvalue weighted by Gasteiger charge is -2.20. The Morgan fingerprint density at radius 2 is 1.88 bits per heavy atom. The van der Waals surface area contributed by atoms with Gasteiger partial charge in [0.05, 0.1) is 6.10 Å². The molecule has 0 saturated heterocycles. The fourth-order valence-electron chi connectivity index (χ4n) is 1.50. The Kier molecular flexibility index (Phi) is 7.39. The number of hydrogen-bond acceptors (Lipinski definition) is 3. The largest absolute Gasteiger partial charge is 0.391 e. The van der Waals surface area contributed by atoms with Crippen molar-refractivity contribution in [2.24, 2.45) is 5.92 Å². The lowest BCUT2D eigenvalue weighted by Crippen LogP contribution is -2.39. The van der Waals surface area contributed by atoms with E-state index < -0.39 is 6.10 Å². The van der Waals surface area contributed by atoms with Gasteiger partial charge in [-0.15, -0.1) is 0 Å². The van der Waals surface area contributed by atoms with Crippen LogP contribution in [0.25, 0.3) is 0 Å². The van der Waals surface area contributed by atoms with E-state index in [9.17, 15) is 9.90 Å². The smallest absolute Gasteiger partial charge is 0.221 e. The topological polar surface area (TPSA) is 61.4 Å². The summed E-state index contributed by atoms with van der Waals surface area (Å²) in [5, 5.41) is 15.6. The van der Waals surface area contributed by atoms with Crippen LogP contribution in [0.3, 0.4) is 0 Å². The zero-order valence-electron chi connectivity index (χ0n) is 11.8. The van der Waals surface area contributed by atoms with Gasteiger partial charge in [-0.1, -0.05) is 13.8 Å². The second kappa shape index (κ2) is 7.67. The number of rotatable bonds is 7. The Bertz CT molecular complexity index is 222. The maximum Gasteiger partial charge on any atom is 0.221 e. The van der Waals surface area contributed by atoms with Crippen LogP contribution in [0.2, 0.25) is 0 Å².